The van der Waals surface area contributed by atoms with Gasteiger partial charge in [-0.2, -0.15) is 4.31 Å². The molecule has 2 aromatic carbocycles. The summed E-state index contributed by atoms with van der Waals surface area (Å²) in [7, 11) is -3.98. The zero-order valence-corrected chi connectivity index (χ0v) is 18.7. The Hall–Kier alpha value is -3.08. The third-order valence-corrected chi connectivity index (χ3v) is 8.39. The van der Waals surface area contributed by atoms with E-state index in [1.807, 2.05) is 6.07 Å². The molecule has 1 aliphatic carbocycles. The molecule has 33 heavy (non-hydrogen) atoms. The summed E-state index contributed by atoms with van der Waals surface area (Å²) in [6.45, 7) is 1.83. The van der Waals surface area contributed by atoms with Crippen LogP contribution in [0.3, 0.4) is 0 Å². The summed E-state index contributed by atoms with van der Waals surface area (Å²) in [5.41, 5.74) is 3.17. The van der Waals surface area contributed by atoms with Crippen molar-refractivity contribution in [3.8, 4) is 0 Å². The molecular formula is C23H23N3O6S. The molecule has 0 N–H and O–H groups in total. The summed E-state index contributed by atoms with van der Waals surface area (Å²) in [6, 6.07) is 11.0. The number of benzene rings is 2. The lowest BCUT2D eigenvalue weighted by Crippen LogP contribution is -2.48. The van der Waals surface area contributed by atoms with E-state index >= 15 is 0 Å². The van der Waals surface area contributed by atoms with Crippen LogP contribution >= 0.6 is 0 Å². The molecule has 0 saturated carbocycles. The summed E-state index contributed by atoms with van der Waals surface area (Å²) in [5.74, 6) is 0. The molecule has 1 fully saturated rings. The number of fused-ring (bicyclic) bond motifs is 2. The van der Waals surface area contributed by atoms with Crippen molar-refractivity contribution in [1.29, 1.82) is 0 Å². The molecule has 0 spiro atoms. The van der Waals surface area contributed by atoms with Crippen molar-refractivity contribution in [2.75, 3.05) is 26.2 Å². The number of aryl methyl sites for hydroxylation is 2. The van der Waals surface area contributed by atoms with Crippen LogP contribution in [0.4, 0.5) is 5.69 Å². The van der Waals surface area contributed by atoms with Crippen molar-refractivity contribution in [3.63, 3.8) is 0 Å². The number of nitrogens with zero attached hydrogens (tertiary/aromatic N) is 3. The highest BCUT2D eigenvalue weighted by Gasteiger charge is 2.33. The molecule has 5 rings (SSSR count). The van der Waals surface area contributed by atoms with Gasteiger partial charge in [0.15, 0.2) is 4.90 Å². The molecule has 2 heterocycles. The van der Waals surface area contributed by atoms with E-state index < -0.39 is 26.3 Å². The van der Waals surface area contributed by atoms with Crippen LogP contribution in [0, 0.1) is 10.1 Å². The number of hydrogen-bond acceptors (Lipinski definition) is 7. The van der Waals surface area contributed by atoms with Crippen molar-refractivity contribution < 1.29 is 17.8 Å². The highest BCUT2D eigenvalue weighted by atomic mass is 32.2. The zero-order chi connectivity index (χ0) is 23.2. The molecule has 1 aromatic heterocycles. The van der Waals surface area contributed by atoms with Gasteiger partial charge < -0.3 is 4.42 Å². The van der Waals surface area contributed by atoms with Gasteiger partial charge in [-0.15, -0.1) is 0 Å². The Kier molecular flexibility index (Phi) is 5.51. The molecular weight excluding hydrogens is 446 g/mol. The van der Waals surface area contributed by atoms with E-state index in [-0.39, 0.29) is 18.0 Å². The Bertz CT molecular complexity index is 1410. The molecule has 0 radical (unpaired) electrons. The van der Waals surface area contributed by atoms with Crippen LogP contribution in [0.5, 0.6) is 0 Å². The Morgan fingerprint density at radius 1 is 1.00 bits per heavy atom. The maximum Gasteiger partial charge on any atom is 0.336 e. The molecule has 2 aliphatic rings. The minimum atomic E-state index is -3.98. The first-order valence-corrected chi connectivity index (χ1v) is 12.3. The number of piperazine rings is 1. The van der Waals surface area contributed by atoms with Gasteiger partial charge in [-0.1, -0.05) is 12.1 Å². The normalized spacial score (nSPS) is 17.3. The lowest BCUT2D eigenvalue weighted by atomic mass is 10.0. The van der Waals surface area contributed by atoms with Gasteiger partial charge in [0.1, 0.15) is 5.58 Å². The molecule has 9 nitrogen and oxygen atoms in total. The SMILES string of the molecule is O=c1cc(CN2CCN(S(=O)(=O)c3ccccc3[N+](=O)[O-])CC2)c2cc3c(cc2o1)CCC3. The third kappa shape index (κ3) is 4.05. The van der Waals surface area contributed by atoms with Crippen molar-refractivity contribution in [2.24, 2.45) is 0 Å². The molecule has 1 saturated heterocycles. The minimum Gasteiger partial charge on any atom is -0.423 e. The van der Waals surface area contributed by atoms with E-state index in [2.05, 4.69) is 11.0 Å². The lowest BCUT2D eigenvalue weighted by Gasteiger charge is -2.34. The summed E-state index contributed by atoms with van der Waals surface area (Å²) < 4.78 is 32.8. The molecule has 0 bridgehead atoms. The fourth-order valence-electron chi connectivity index (χ4n) is 4.76. The fourth-order valence-corrected chi connectivity index (χ4v) is 6.34. The van der Waals surface area contributed by atoms with Gasteiger partial charge in [-0.05, 0) is 54.2 Å². The standard InChI is InChI=1S/C23H23N3O6S/c27-23-14-18(19-12-16-4-3-5-17(16)13-21(19)32-23)15-24-8-10-25(11-9-24)33(30,31)22-7-2-1-6-20(22)26(28)29/h1-2,6-7,12-14H,3-5,8-11,15H2. The van der Waals surface area contributed by atoms with Gasteiger partial charge >= 0.3 is 5.63 Å². The number of rotatable bonds is 5. The number of nitro groups is 1. The van der Waals surface area contributed by atoms with Crippen LogP contribution in [0.25, 0.3) is 11.0 Å². The summed E-state index contributed by atoms with van der Waals surface area (Å²) >= 11 is 0. The first-order valence-electron chi connectivity index (χ1n) is 10.9. The van der Waals surface area contributed by atoms with Gasteiger partial charge in [-0.25, -0.2) is 13.2 Å². The predicted octanol–water partition coefficient (Wildman–Crippen LogP) is 2.70. The molecule has 172 valence electrons. The average molecular weight is 470 g/mol. The first kappa shape index (κ1) is 21.7. The van der Waals surface area contributed by atoms with Crippen molar-refractivity contribution >= 4 is 26.7 Å². The summed E-state index contributed by atoms with van der Waals surface area (Å²) in [5, 5.41) is 12.2. The highest BCUT2D eigenvalue weighted by molar-refractivity contribution is 7.89. The summed E-state index contributed by atoms with van der Waals surface area (Å²) in [4.78, 5) is 24.6. The van der Waals surface area contributed by atoms with Crippen molar-refractivity contribution in [2.45, 2.75) is 30.7 Å². The Balaban J connectivity index is 1.35. The van der Waals surface area contributed by atoms with Crippen LogP contribution in [0.15, 0.2) is 56.6 Å². The maximum atomic E-state index is 13.1. The van der Waals surface area contributed by atoms with Gasteiger partial charge in [0, 0.05) is 50.2 Å². The highest BCUT2D eigenvalue weighted by Crippen LogP contribution is 2.30. The van der Waals surface area contributed by atoms with Crippen LogP contribution < -0.4 is 5.63 Å². The Morgan fingerprint density at radius 3 is 2.42 bits per heavy atom. The minimum absolute atomic E-state index is 0.211. The van der Waals surface area contributed by atoms with Crippen LogP contribution in [0.1, 0.15) is 23.1 Å². The Morgan fingerprint density at radius 2 is 1.70 bits per heavy atom. The van der Waals surface area contributed by atoms with Gasteiger partial charge in [0.25, 0.3) is 5.69 Å². The van der Waals surface area contributed by atoms with E-state index in [0.29, 0.717) is 25.2 Å². The number of nitro benzene ring substituents is 1. The second-order valence-corrected chi connectivity index (χ2v) is 10.4. The molecule has 0 atom stereocenters. The van der Waals surface area contributed by atoms with E-state index in [9.17, 15) is 23.3 Å². The molecule has 0 amide bonds. The van der Waals surface area contributed by atoms with Crippen LogP contribution in [-0.2, 0) is 29.4 Å². The van der Waals surface area contributed by atoms with E-state index in [1.165, 1.54) is 45.8 Å². The smallest absolute Gasteiger partial charge is 0.336 e. The second-order valence-electron chi connectivity index (χ2n) is 8.47. The van der Waals surface area contributed by atoms with Gasteiger partial charge in [0.2, 0.25) is 10.0 Å². The average Bonchev–Trinajstić information content (AvgIpc) is 3.25. The lowest BCUT2D eigenvalue weighted by molar-refractivity contribution is -0.387. The number of sulfonamides is 1. The zero-order valence-electron chi connectivity index (χ0n) is 17.9. The summed E-state index contributed by atoms with van der Waals surface area (Å²) in [6.07, 6.45) is 3.11. The molecule has 0 unspecified atom stereocenters. The topological polar surface area (TPSA) is 114 Å². The van der Waals surface area contributed by atoms with E-state index in [1.54, 1.807) is 0 Å². The molecule has 3 aromatic rings. The van der Waals surface area contributed by atoms with Crippen molar-refractivity contribution in [3.05, 3.63) is 79.7 Å². The quantitative estimate of drug-likeness (QED) is 0.321. The third-order valence-electron chi connectivity index (χ3n) is 6.45. The van der Waals surface area contributed by atoms with Crippen molar-refractivity contribution in [1.82, 2.24) is 9.21 Å². The fraction of sp³-hybridized carbons (Fsp3) is 0.348. The molecule has 1 aliphatic heterocycles. The number of para-hydroxylation sites is 1. The predicted molar refractivity (Wildman–Crippen MR) is 122 cm³/mol. The van der Waals surface area contributed by atoms with E-state index in [0.717, 1.165) is 30.2 Å². The van der Waals surface area contributed by atoms with Gasteiger partial charge in [0.05, 0.1) is 4.92 Å². The maximum absolute atomic E-state index is 13.1. The van der Waals surface area contributed by atoms with Crippen LogP contribution in [0.2, 0.25) is 0 Å². The Labute approximate surface area is 190 Å². The van der Waals surface area contributed by atoms with Crippen LogP contribution in [-0.4, -0.2) is 48.7 Å². The van der Waals surface area contributed by atoms with Gasteiger partial charge in [-0.3, -0.25) is 15.0 Å². The van der Waals surface area contributed by atoms with E-state index in [4.69, 9.17) is 4.42 Å². The second kappa shape index (κ2) is 8.36. The monoisotopic (exact) mass is 469 g/mol. The first-order chi connectivity index (χ1) is 15.8. The largest absolute Gasteiger partial charge is 0.423 e. The number of hydrogen-bond donors (Lipinski definition) is 0. The molecule has 10 heteroatoms.